The Morgan fingerprint density at radius 3 is 2.80 bits per heavy atom. The fourth-order valence-electron chi connectivity index (χ4n) is 1.51. The van der Waals surface area contributed by atoms with Gasteiger partial charge in [-0.05, 0) is 12.1 Å². The molecule has 0 atom stereocenters. The third-order valence-electron chi connectivity index (χ3n) is 2.29. The number of hydrogen-bond acceptors (Lipinski definition) is 2. The van der Waals surface area contributed by atoms with Crippen molar-refractivity contribution in [1.29, 1.82) is 0 Å². The number of nitrogens with one attached hydrogen (secondary N) is 1. The third kappa shape index (κ3) is 1.59. The van der Waals surface area contributed by atoms with Crippen LogP contribution in [0.1, 0.15) is 17.4 Å². The van der Waals surface area contributed by atoms with Gasteiger partial charge in [0.25, 0.3) is 0 Å². The van der Waals surface area contributed by atoms with E-state index in [1.165, 1.54) is 6.92 Å². The Labute approximate surface area is 92.0 Å². The smallest absolute Gasteiger partial charge is 0.177 e. The predicted octanol–water partition coefficient (Wildman–Crippen LogP) is 3.03. The standard InChI is InChI=1S/C11H10ClNO2/c1-6(14)11-10(12)8-4-3-7(15-2)5-9(8)13-11/h3-5,13H,1-2H3. The zero-order valence-corrected chi connectivity index (χ0v) is 9.18. The van der Waals surface area contributed by atoms with Crippen molar-refractivity contribution in [3.8, 4) is 5.75 Å². The molecule has 1 N–H and O–H groups in total. The van der Waals surface area contributed by atoms with E-state index in [1.54, 1.807) is 7.11 Å². The van der Waals surface area contributed by atoms with E-state index in [9.17, 15) is 4.79 Å². The summed E-state index contributed by atoms with van der Waals surface area (Å²) >= 11 is 6.05. The van der Waals surface area contributed by atoms with Gasteiger partial charge in [0.2, 0.25) is 0 Å². The fraction of sp³-hybridized carbons (Fsp3) is 0.182. The van der Waals surface area contributed by atoms with Crippen LogP contribution in [-0.4, -0.2) is 17.9 Å². The predicted molar refractivity (Wildman–Crippen MR) is 59.9 cm³/mol. The van der Waals surface area contributed by atoms with Gasteiger partial charge in [-0.3, -0.25) is 4.79 Å². The number of carbonyl (C=O) groups is 1. The topological polar surface area (TPSA) is 42.1 Å². The largest absolute Gasteiger partial charge is 0.497 e. The minimum atomic E-state index is -0.0739. The molecule has 2 aromatic rings. The molecule has 0 bridgehead atoms. The lowest BCUT2D eigenvalue weighted by Gasteiger charge is -1.97. The number of rotatable bonds is 2. The minimum absolute atomic E-state index is 0.0739. The van der Waals surface area contributed by atoms with Crippen molar-refractivity contribution in [3.63, 3.8) is 0 Å². The van der Waals surface area contributed by atoms with Crippen LogP contribution in [0.2, 0.25) is 5.02 Å². The average Bonchev–Trinajstić information content (AvgIpc) is 2.55. The summed E-state index contributed by atoms with van der Waals surface area (Å²) in [6.45, 7) is 1.48. The number of methoxy groups -OCH3 is 1. The van der Waals surface area contributed by atoms with Crippen molar-refractivity contribution >= 4 is 28.3 Å². The van der Waals surface area contributed by atoms with Crippen molar-refractivity contribution in [2.24, 2.45) is 0 Å². The summed E-state index contributed by atoms with van der Waals surface area (Å²) in [5, 5.41) is 1.31. The maximum absolute atomic E-state index is 11.2. The van der Waals surface area contributed by atoms with Gasteiger partial charge in [-0.2, -0.15) is 0 Å². The monoisotopic (exact) mass is 223 g/mol. The van der Waals surface area contributed by atoms with Gasteiger partial charge in [-0.25, -0.2) is 0 Å². The maximum atomic E-state index is 11.2. The first-order valence-corrected chi connectivity index (χ1v) is 4.87. The first-order valence-electron chi connectivity index (χ1n) is 4.49. The summed E-state index contributed by atoms with van der Waals surface area (Å²) in [5.74, 6) is 0.658. The highest BCUT2D eigenvalue weighted by atomic mass is 35.5. The highest BCUT2D eigenvalue weighted by Crippen LogP contribution is 2.30. The fourth-order valence-corrected chi connectivity index (χ4v) is 1.86. The molecular formula is C11H10ClNO2. The summed E-state index contributed by atoms with van der Waals surface area (Å²) < 4.78 is 5.08. The van der Waals surface area contributed by atoms with Crippen molar-refractivity contribution in [2.45, 2.75) is 6.92 Å². The van der Waals surface area contributed by atoms with E-state index in [-0.39, 0.29) is 5.78 Å². The van der Waals surface area contributed by atoms with Gasteiger partial charge >= 0.3 is 0 Å². The summed E-state index contributed by atoms with van der Waals surface area (Å²) in [6, 6.07) is 5.46. The lowest BCUT2D eigenvalue weighted by Crippen LogP contribution is -1.91. The first kappa shape index (κ1) is 10.1. The van der Waals surface area contributed by atoms with Crippen LogP contribution in [0.5, 0.6) is 5.75 Å². The molecular weight excluding hydrogens is 214 g/mol. The molecule has 4 heteroatoms. The molecule has 1 aromatic carbocycles. The Morgan fingerprint density at radius 2 is 2.20 bits per heavy atom. The van der Waals surface area contributed by atoms with Crippen molar-refractivity contribution in [3.05, 3.63) is 28.9 Å². The van der Waals surface area contributed by atoms with E-state index in [4.69, 9.17) is 16.3 Å². The number of aromatic amines is 1. The molecule has 0 fully saturated rings. The van der Waals surface area contributed by atoms with Gasteiger partial charge in [0.15, 0.2) is 5.78 Å². The summed E-state index contributed by atoms with van der Waals surface area (Å²) in [6.07, 6.45) is 0. The Balaban J connectivity index is 2.70. The normalized spacial score (nSPS) is 10.6. The molecule has 15 heavy (non-hydrogen) atoms. The van der Waals surface area contributed by atoms with Gasteiger partial charge < -0.3 is 9.72 Å². The van der Waals surface area contributed by atoms with E-state index in [0.29, 0.717) is 10.7 Å². The molecule has 2 rings (SSSR count). The number of ether oxygens (including phenoxy) is 1. The lowest BCUT2D eigenvalue weighted by molar-refractivity contribution is 0.101. The molecule has 0 saturated heterocycles. The number of hydrogen-bond donors (Lipinski definition) is 1. The Morgan fingerprint density at radius 1 is 1.47 bits per heavy atom. The van der Waals surface area contributed by atoms with Crippen LogP contribution < -0.4 is 4.74 Å². The van der Waals surface area contributed by atoms with Crippen LogP contribution >= 0.6 is 11.6 Å². The highest BCUT2D eigenvalue weighted by Gasteiger charge is 2.12. The second-order valence-corrected chi connectivity index (χ2v) is 3.66. The van der Waals surface area contributed by atoms with Crippen LogP contribution in [0.15, 0.2) is 18.2 Å². The Hall–Kier alpha value is -1.48. The van der Waals surface area contributed by atoms with E-state index < -0.39 is 0 Å². The highest BCUT2D eigenvalue weighted by molar-refractivity contribution is 6.38. The molecule has 1 heterocycles. The van der Waals surface area contributed by atoms with Crippen molar-refractivity contribution in [2.75, 3.05) is 7.11 Å². The average molecular weight is 224 g/mol. The molecule has 1 aromatic heterocycles. The molecule has 0 amide bonds. The number of fused-ring (bicyclic) bond motifs is 1. The van der Waals surface area contributed by atoms with Crippen LogP contribution in [0, 0.1) is 0 Å². The maximum Gasteiger partial charge on any atom is 0.177 e. The quantitative estimate of drug-likeness (QED) is 0.796. The second-order valence-electron chi connectivity index (χ2n) is 3.28. The summed E-state index contributed by atoms with van der Waals surface area (Å²) in [5.41, 5.74) is 1.25. The molecule has 78 valence electrons. The molecule has 0 unspecified atom stereocenters. The minimum Gasteiger partial charge on any atom is -0.497 e. The van der Waals surface area contributed by atoms with Crippen LogP contribution in [-0.2, 0) is 0 Å². The molecule has 0 radical (unpaired) electrons. The second kappa shape index (κ2) is 3.59. The Bertz CT molecular complexity index is 531. The van der Waals surface area contributed by atoms with Crippen LogP contribution in [0.3, 0.4) is 0 Å². The molecule has 0 aliphatic heterocycles. The zero-order valence-electron chi connectivity index (χ0n) is 8.43. The number of halogens is 1. The van der Waals surface area contributed by atoms with Crippen molar-refractivity contribution < 1.29 is 9.53 Å². The molecule has 0 saturated carbocycles. The third-order valence-corrected chi connectivity index (χ3v) is 2.69. The summed E-state index contributed by atoms with van der Waals surface area (Å²) in [4.78, 5) is 14.2. The van der Waals surface area contributed by atoms with Gasteiger partial charge in [0.05, 0.1) is 17.6 Å². The lowest BCUT2D eigenvalue weighted by atomic mass is 10.2. The van der Waals surface area contributed by atoms with Gasteiger partial charge in [0.1, 0.15) is 11.4 Å². The summed E-state index contributed by atoms with van der Waals surface area (Å²) in [7, 11) is 1.59. The number of carbonyl (C=O) groups excluding carboxylic acids is 1. The van der Waals surface area contributed by atoms with Crippen molar-refractivity contribution in [1.82, 2.24) is 4.98 Å². The van der Waals surface area contributed by atoms with E-state index in [1.807, 2.05) is 18.2 Å². The van der Waals surface area contributed by atoms with Crippen LogP contribution in [0.25, 0.3) is 10.9 Å². The number of aromatic nitrogens is 1. The molecule has 0 aliphatic rings. The Kier molecular flexibility index (Phi) is 2.40. The van der Waals surface area contributed by atoms with E-state index in [2.05, 4.69) is 4.98 Å². The number of H-pyrrole nitrogens is 1. The molecule has 0 aliphatic carbocycles. The van der Waals surface area contributed by atoms with Gasteiger partial charge in [-0.15, -0.1) is 0 Å². The molecule has 3 nitrogen and oxygen atoms in total. The number of Topliss-reactive ketones (excluding diaryl/α,β-unsaturated/α-hetero) is 1. The zero-order chi connectivity index (χ0) is 11.0. The van der Waals surface area contributed by atoms with Crippen LogP contribution in [0.4, 0.5) is 0 Å². The number of ketones is 1. The van der Waals surface area contributed by atoms with E-state index >= 15 is 0 Å². The SMILES string of the molecule is COc1ccc2c(Cl)c(C(C)=O)[nH]c2c1. The number of benzene rings is 1. The van der Waals surface area contributed by atoms with Gasteiger partial charge in [-0.1, -0.05) is 11.6 Å². The van der Waals surface area contributed by atoms with Gasteiger partial charge in [0, 0.05) is 18.4 Å². The first-order chi connectivity index (χ1) is 7.13. The van der Waals surface area contributed by atoms with E-state index in [0.717, 1.165) is 16.7 Å². The molecule has 0 spiro atoms.